The molecule has 6 heteroatoms. The van der Waals surface area contributed by atoms with Crippen LogP contribution in [0.4, 0.5) is 17.6 Å². The Labute approximate surface area is 110 Å². The van der Waals surface area contributed by atoms with E-state index in [9.17, 15) is 22.4 Å². The van der Waals surface area contributed by atoms with E-state index in [0.717, 1.165) is 19.3 Å². The summed E-state index contributed by atoms with van der Waals surface area (Å²) in [6.07, 6.45) is 2.87. The molecular weight excluding hydrogens is 264 g/mol. The van der Waals surface area contributed by atoms with Crippen LogP contribution in [0.5, 0.6) is 0 Å². The van der Waals surface area contributed by atoms with Gasteiger partial charge < -0.3 is 4.74 Å². The highest BCUT2D eigenvalue weighted by Gasteiger charge is 2.56. The van der Waals surface area contributed by atoms with E-state index in [2.05, 4.69) is 11.3 Å². The number of alkyl halides is 4. The van der Waals surface area contributed by atoms with E-state index in [1.54, 1.807) is 0 Å². The number of rotatable bonds is 10. The van der Waals surface area contributed by atoms with Gasteiger partial charge in [-0.15, -0.1) is 0 Å². The van der Waals surface area contributed by atoms with Gasteiger partial charge in [0.15, 0.2) is 6.61 Å². The van der Waals surface area contributed by atoms with Gasteiger partial charge >= 0.3 is 17.8 Å². The van der Waals surface area contributed by atoms with E-state index < -0.39 is 30.8 Å². The molecule has 0 fully saturated rings. The van der Waals surface area contributed by atoms with Crippen LogP contribution in [-0.4, -0.2) is 24.4 Å². The predicted octanol–water partition coefficient (Wildman–Crippen LogP) is 4.35. The fourth-order valence-corrected chi connectivity index (χ4v) is 1.46. The molecule has 0 heterocycles. The van der Waals surface area contributed by atoms with Crippen LogP contribution in [0.1, 0.15) is 45.4 Å². The zero-order valence-corrected chi connectivity index (χ0v) is 11.1. The first kappa shape index (κ1) is 17.9. The van der Waals surface area contributed by atoms with Crippen molar-refractivity contribution in [1.29, 1.82) is 0 Å². The molecule has 0 atom stereocenters. The maximum atomic E-state index is 13.3. The van der Waals surface area contributed by atoms with Crippen LogP contribution in [0.25, 0.3) is 0 Å². The monoisotopic (exact) mass is 284 g/mol. The highest BCUT2D eigenvalue weighted by Crippen LogP contribution is 2.38. The fraction of sp³-hybridized carbons (Fsp3) is 0.769. The van der Waals surface area contributed by atoms with E-state index in [1.807, 2.05) is 6.92 Å². The van der Waals surface area contributed by atoms with E-state index in [-0.39, 0.29) is 6.42 Å². The summed E-state index contributed by atoms with van der Waals surface area (Å²) in [6.45, 7) is 3.34. The average Bonchev–Trinajstić information content (AvgIpc) is 2.35. The first-order chi connectivity index (χ1) is 8.77. The van der Waals surface area contributed by atoms with Crippen molar-refractivity contribution in [2.24, 2.45) is 0 Å². The lowest BCUT2D eigenvalue weighted by Crippen LogP contribution is -2.44. The van der Waals surface area contributed by atoms with Gasteiger partial charge in [-0.25, -0.2) is 4.79 Å². The van der Waals surface area contributed by atoms with Gasteiger partial charge in [0, 0.05) is 12.5 Å². The molecule has 2 nitrogen and oxygen atoms in total. The van der Waals surface area contributed by atoms with Crippen molar-refractivity contribution in [3.63, 3.8) is 0 Å². The third kappa shape index (κ3) is 6.59. The van der Waals surface area contributed by atoms with Crippen LogP contribution < -0.4 is 0 Å². The van der Waals surface area contributed by atoms with E-state index >= 15 is 0 Å². The van der Waals surface area contributed by atoms with Gasteiger partial charge in [0.25, 0.3) is 0 Å². The molecule has 0 aromatic carbocycles. The lowest BCUT2D eigenvalue weighted by atomic mass is 10.0. The summed E-state index contributed by atoms with van der Waals surface area (Å²) < 4.78 is 57.0. The number of unbranched alkanes of at least 4 members (excludes halogenated alkanes) is 4. The first-order valence-corrected chi connectivity index (χ1v) is 6.31. The molecule has 0 rings (SSSR count). The normalized spacial score (nSPS) is 12.3. The largest absolute Gasteiger partial charge is 0.456 e. The number of carbonyl (C=O) groups is 1. The van der Waals surface area contributed by atoms with Crippen LogP contribution in [0.3, 0.4) is 0 Å². The van der Waals surface area contributed by atoms with Crippen molar-refractivity contribution in [3.05, 3.63) is 12.7 Å². The summed E-state index contributed by atoms with van der Waals surface area (Å²) in [5.41, 5.74) is 0. The molecule has 0 saturated carbocycles. The summed E-state index contributed by atoms with van der Waals surface area (Å²) in [5, 5.41) is 0. The van der Waals surface area contributed by atoms with E-state index in [0.29, 0.717) is 12.5 Å². The minimum atomic E-state index is -4.35. The third-order valence-electron chi connectivity index (χ3n) is 2.69. The minimum absolute atomic E-state index is 0.0258. The van der Waals surface area contributed by atoms with Gasteiger partial charge in [-0.1, -0.05) is 39.2 Å². The minimum Gasteiger partial charge on any atom is -0.456 e. The molecule has 0 unspecified atom stereocenters. The lowest BCUT2D eigenvalue weighted by molar-refractivity contribution is -0.233. The standard InChI is InChI=1S/C13H20F4O2/c1-3-5-6-7-8-9-12(14,15)13(16,17)10-19-11(18)4-2/h4H,2-3,5-10H2,1H3. The highest BCUT2D eigenvalue weighted by molar-refractivity contribution is 5.81. The zero-order valence-electron chi connectivity index (χ0n) is 11.1. The molecule has 0 saturated heterocycles. The Kier molecular flexibility index (Phi) is 7.71. The number of hydrogen-bond acceptors (Lipinski definition) is 2. The molecule has 0 aromatic heterocycles. The van der Waals surface area contributed by atoms with Crippen LogP contribution in [0.2, 0.25) is 0 Å². The van der Waals surface area contributed by atoms with Crippen LogP contribution >= 0.6 is 0 Å². The second-order valence-electron chi connectivity index (χ2n) is 4.38. The summed E-state index contributed by atoms with van der Waals surface area (Å²) >= 11 is 0. The average molecular weight is 284 g/mol. The molecule has 0 amide bonds. The smallest absolute Gasteiger partial charge is 0.343 e. The summed E-state index contributed by atoms with van der Waals surface area (Å²) in [4.78, 5) is 10.6. The Morgan fingerprint density at radius 3 is 2.21 bits per heavy atom. The number of esters is 1. The highest BCUT2D eigenvalue weighted by atomic mass is 19.3. The molecule has 0 aliphatic rings. The van der Waals surface area contributed by atoms with Gasteiger partial charge in [0.2, 0.25) is 0 Å². The molecule has 0 N–H and O–H groups in total. The number of ether oxygens (including phenoxy) is 1. The predicted molar refractivity (Wildman–Crippen MR) is 64.4 cm³/mol. The Hall–Kier alpha value is -1.07. The van der Waals surface area contributed by atoms with Gasteiger partial charge in [0.05, 0.1) is 0 Å². The van der Waals surface area contributed by atoms with Gasteiger partial charge in [-0.05, 0) is 6.42 Å². The Bertz CT molecular complexity index is 290. The van der Waals surface area contributed by atoms with Gasteiger partial charge in [-0.2, -0.15) is 17.6 Å². The number of halogens is 4. The van der Waals surface area contributed by atoms with Crippen molar-refractivity contribution >= 4 is 5.97 Å². The molecule has 0 bridgehead atoms. The van der Waals surface area contributed by atoms with Crippen molar-refractivity contribution < 1.29 is 27.1 Å². The van der Waals surface area contributed by atoms with Crippen molar-refractivity contribution in [1.82, 2.24) is 0 Å². The Morgan fingerprint density at radius 2 is 1.68 bits per heavy atom. The van der Waals surface area contributed by atoms with Crippen LogP contribution in [-0.2, 0) is 9.53 Å². The summed E-state index contributed by atoms with van der Waals surface area (Å²) in [5.74, 6) is -9.66. The summed E-state index contributed by atoms with van der Waals surface area (Å²) in [6, 6.07) is 0. The number of hydrogen-bond donors (Lipinski definition) is 0. The molecular formula is C13H20F4O2. The van der Waals surface area contributed by atoms with Crippen molar-refractivity contribution in [2.45, 2.75) is 57.3 Å². The molecule has 0 aromatic rings. The van der Waals surface area contributed by atoms with Crippen LogP contribution in [0, 0.1) is 0 Å². The molecule has 0 aliphatic carbocycles. The molecule has 0 spiro atoms. The maximum absolute atomic E-state index is 13.3. The van der Waals surface area contributed by atoms with E-state index in [4.69, 9.17) is 0 Å². The van der Waals surface area contributed by atoms with Crippen LogP contribution in [0.15, 0.2) is 12.7 Å². The zero-order chi connectivity index (χ0) is 14.9. The topological polar surface area (TPSA) is 26.3 Å². The second kappa shape index (κ2) is 8.17. The fourth-order valence-electron chi connectivity index (χ4n) is 1.46. The second-order valence-corrected chi connectivity index (χ2v) is 4.38. The number of carbonyl (C=O) groups excluding carboxylic acids is 1. The first-order valence-electron chi connectivity index (χ1n) is 6.31. The quantitative estimate of drug-likeness (QED) is 0.258. The SMILES string of the molecule is C=CC(=O)OCC(F)(F)C(F)(F)CCCCCCC. The molecule has 0 radical (unpaired) electrons. The Balaban J connectivity index is 4.18. The lowest BCUT2D eigenvalue weighted by Gasteiger charge is -2.26. The van der Waals surface area contributed by atoms with Crippen molar-refractivity contribution in [2.75, 3.05) is 6.61 Å². The molecule has 0 aliphatic heterocycles. The molecule has 112 valence electrons. The van der Waals surface area contributed by atoms with Crippen molar-refractivity contribution in [3.8, 4) is 0 Å². The maximum Gasteiger partial charge on any atom is 0.343 e. The summed E-state index contributed by atoms with van der Waals surface area (Å²) in [7, 11) is 0. The van der Waals surface area contributed by atoms with E-state index in [1.165, 1.54) is 0 Å². The van der Waals surface area contributed by atoms with Gasteiger partial charge in [0.1, 0.15) is 0 Å². The molecule has 19 heavy (non-hydrogen) atoms. The Morgan fingerprint density at radius 1 is 1.11 bits per heavy atom. The van der Waals surface area contributed by atoms with Gasteiger partial charge in [-0.3, -0.25) is 0 Å². The third-order valence-corrected chi connectivity index (χ3v) is 2.69.